The summed E-state index contributed by atoms with van der Waals surface area (Å²) in [6, 6.07) is 0. The van der Waals surface area contributed by atoms with Crippen LogP contribution in [0.2, 0.25) is 0 Å². The van der Waals surface area contributed by atoms with Crippen LogP contribution < -0.4 is 170 Å². The number of phosphoric acid groups is 1. The predicted octanol–water partition coefficient (Wildman–Crippen LogP) is -17.8. The van der Waals surface area contributed by atoms with E-state index in [0.29, 0.717) is 6.42 Å². The van der Waals surface area contributed by atoms with Gasteiger partial charge in [0.05, 0.1) is 14.4 Å². The third-order valence-corrected chi connectivity index (χ3v) is 3.19. The fraction of sp³-hybridized carbons (Fsp3) is 1.00. The van der Waals surface area contributed by atoms with E-state index in [1.54, 1.807) is 0 Å². The molecule has 0 bridgehead atoms. The van der Waals surface area contributed by atoms with E-state index in [4.69, 9.17) is 41.3 Å². The molecule has 0 aliphatic carbocycles. The maximum atomic E-state index is 10.2. The van der Waals surface area contributed by atoms with Gasteiger partial charge in [0, 0.05) is 10.4 Å². The third-order valence-electron chi connectivity index (χ3n) is 2.73. The maximum absolute atomic E-state index is 10.2. The van der Waals surface area contributed by atoms with Gasteiger partial charge < -0.3 is 40.8 Å². The number of hydrogen-bond donors (Lipinski definition) is 2. The topological polar surface area (TPSA) is 227 Å². The molecule has 2 N–H and O–H groups in total. The third kappa shape index (κ3) is 125. The van der Waals surface area contributed by atoms with Crippen molar-refractivity contribution in [3.8, 4) is 0 Å². The Morgan fingerprint density at radius 2 is 0.939 bits per heavy atom. The molecule has 0 spiro atoms. The molecular weight excluding hydrogens is 582 g/mol. The first-order chi connectivity index (χ1) is 12.1. The van der Waals surface area contributed by atoms with Gasteiger partial charge in [-0.15, -0.1) is 0 Å². The molecule has 0 radical (unpaired) electrons. The Hall–Kier alpha value is 5.14. The van der Waals surface area contributed by atoms with E-state index in [1.165, 1.54) is 44.9 Å². The molecule has 33 heavy (non-hydrogen) atoms. The molecule has 0 aliphatic rings. The second-order valence-electron chi connectivity index (χ2n) is 5.31. The molecule has 0 fully saturated rings. The quantitative estimate of drug-likeness (QED) is 0.0692. The van der Waals surface area contributed by atoms with Crippen LogP contribution in [0.4, 0.5) is 0 Å². The Labute approximate surface area is 315 Å². The SMILES string of the molecule is CCCCCCCCCCCCOS(=O)(=O)O.O=P([O-])([O-])O.O=S(=O)([O-])[O-].[Cl-].[Na+].[Na+].[Na+].[Na+].[Na+]. The molecule has 0 saturated heterocycles. The van der Waals surface area contributed by atoms with Crippen LogP contribution >= 0.6 is 7.82 Å². The summed E-state index contributed by atoms with van der Waals surface area (Å²) in [5, 5.41) is 0. The molecule has 0 amide bonds. The second kappa shape index (κ2) is 39.3. The smallest absolute Gasteiger partial charge is 1.00 e. The Morgan fingerprint density at radius 1 is 0.727 bits per heavy atom. The van der Waals surface area contributed by atoms with Crippen molar-refractivity contribution in [2.24, 2.45) is 0 Å². The van der Waals surface area contributed by atoms with E-state index in [-0.39, 0.29) is 167 Å². The summed E-state index contributed by atoms with van der Waals surface area (Å²) in [5.74, 6) is 0. The average molecular weight is 609 g/mol. The van der Waals surface area contributed by atoms with Crippen molar-refractivity contribution in [3.63, 3.8) is 0 Å². The van der Waals surface area contributed by atoms with Gasteiger partial charge in [0.2, 0.25) is 0 Å². The van der Waals surface area contributed by atoms with Gasteiger partial charge in [-0.3, -0.25) is 13.0 Å². The molecule has 0 rings (SSSR count). The summed E-state index contributed by atoms with van der Waals surface area (Å²) in [6.45, 7) is 2.31. The molecule has 0 heterocycles. The van der Waals surface area contributed by atoms with Crippen LogP contribution in [0, 0.1) is 0 Å². The largest absolute Gasteiger partial charge is 1.00 e. The van der Waals surface area contributed by atoms with Crippen LogP contribution in [0.15, 0.2) is 0 Å². The zero-order valence-corrected chi connectivity index (χ0v) is 33.7. The van der Waals surface area contributed by atoms with E-state index in [9.17, 15) is 8.42 Å². The number of hydrogen-bond acceptors (Lipinski definition) is 10. The first-order valence-corrected chi connectivity index (χ1v) is 12.3. The van der Waals surface area contributed by atoms with Crippen LogP contribution in [0.5, 0.6) is 0 Å². The van der Waals surface area contributed by atoms with Crippen molar-refractivity contribution in [2.45, 2.75) is 71.1 Å². The summed E-state index contributed by atoms with van der Waals surface area (Å²) in [4.78, 5) is 24.3. The molecule has 0 aliphatic heterocycles. The zero-order valence-electron chi connectivity index (χ0n) is 20.4. The van der Waals surface area contributed by atoms with E-state index in [0.717, 1.165) is 12.8 Å². The maximum Gasteiger partial charge on any atom is 1.00 e. The van der Waals surface area contributed by atoms with Gasteiger partial charge in [0.15, 0.2) is 0 Å². The first-order valence-electron chi connectivity index (χ1n) is 8.09. The number of rotatable bonds is 12. The van der Waals surface area contributed by atoms with Gasteiger partial charge in [-0.05, 0) is 6.42 Å². The van der Waals surface area contributed by atoms with Crippen LogP contribution in [0.25, 0.3) is 0 Å². The molecule has 0 unspecified atom stereocenters. The van der Waals surface area contributed by atoms with E-state index >= 15 is 0 Å². The summed E-state index contributed by atoms with van der Waals surface area (Å²) in [5.41, 5.74) is 0. The van der Waals surface area contributed by atoms with Gasteiger partial charge in [0.1, 0.15) is 0 Å². The Morgan fingerprint density at radius 3 is 1.15 bits per heavy atom. The number of unbranched alkanes of at least 4 members (excludes halogenated alkanes) is 9. The monoisotopic (exact) mass is 608 g/mol. The van der Waals surface area contributed by atoms with Crippen LogP contribution in [0.1, 0.15) is 71.1 Å². The van der Waals surface area contributed by atoms with Gasteiger partial charge in [-0.1, -0.05) is 64.7 Å². The molecule has 12 nitrogen and oxygen atoms in total. The summed E-state index contributed by atoms with van der Waals surface area (Å²) >= 11 is 0. The van der Waals surface area contributed by atoms with E-state index in [2.05, 4.69) is 11.1 Å². The average Bonchev–Trinajstić information content (AvgIpc) is 2.40. The molecule has 21 heteroatoms. The van der Waals surface area contributed by atoms with Crippen LogP contribution in [-0.2, 0) is 29.5 Å². The fourth-order valence-corrected chi connectivity index (χ4v) is 2.08. The van der Waals surface area contributed by atoms with Crippen molar-refractivity contribution in [3.05, 3.63) is 0 Å². The van der Waals surface area contributed by atoms with Crippen molar-refractivity contribution in [1.29, 1.82) is 0 Å². The Balaban J connectivity index is -0.0000000441. The van der Waals surface area contributed by atoms with Gasteiger partial charge in [-0.2, -0.15) is 8.42 Å². The van der Waals surface area contributed by atoms with Crippen molar-refractivity contribution in [2.75, 3.05) is 6.61 Å². The molecular formula is C12H27ClNa5O12PS2. The minimum absolute atomic E-state index is 0. The first kappa shape index (κ1) is 62.0. The minimum Gasteiger partial charge on any atom is -1.00 e. The summed E-state index contributed by atoms with van der Waals surface area (Å²) in [7, 11) is -14.5. The van der Waals surface area contributed by atoms with Crippen LogP contribution in [-0.4, -0.2) is 42.0 Å². The molecule has 176 valence electrons. The van der Waals surface area contributed by atoms with Gasteiger partial charge in [-0.25, -0.2) is 4.18 Å². The summed E-state index contributed by atoms with van der Waals surface area (Å²) < 4.78 is 75.7. The zero-order chi connectivity index (χ0) is 22.0. The molecule has 0 atom stereocenters. The minimum atomic E-state index is -5.17. The molecule has 0 aromatic heterocycles. The molecule has 0 aromatic rings. The van der Waals surface area contributed by atoms with Crippen molar-refractivity contribution < 1.29 is 214 Å². The molecule has 0 aromatic carbocycles. The predicted molar refractivity (Wildman–Crippen MR) is 89.6 cm³/mol. The summed E-state index contributed by atoms with van der Waals surface area (Å²) in [6.07, 6.45) is 11.9. The Kier molecular flexibility index (Phi) is 73.8. The normalized spacial score (nSPS) is 9.67. The van der Waals surface area contributed by atoms with Crippen molar-refractivity contribution in [1.82, 2.24) is 0 Å². The van der Waals surface area contributed by atoms with E-state index < -0.39 is 28.6 Å². The standard InChI is InChI=1S/C12H26O4S.ClH.5Na.H3O4P.H2O4S/c1-2-3-4-5-6-7-8-9-10-11-12-16-17(13,14)15;;;;;;;2*1-5(2,3)4/h2-12H2,1H3,(H,13,14,15);1H;;;;;;(H3,1,2,3,4);(H2,1,2,3,4)/q;;5*+1;;/p-5. The van der Waals surface area contributed by atoms with Crippen molar-refractivity contribution >= 4 is 28.6 Å². The molecule has 0 saturated carbocycles. The number of halogens is 1. The van der Waals surface area contributed by atoms with Gasteiger partial charge >= 0.3 is 158 Å². The van der Waals surface area contributed by atoms with E-state index in [1.807, 2.05) is 0 Å². The Bertz CT molecular complexity index is 579. The fourth-order valence-electron chi connectivity index (χ4n) is 1.75. The van der Waals surface area contributed by atoms with Gasteiger partial charge in [0.25, 0.3) is 0 Å². The van der Waals surface area contributed by atoms with Crippen LogP contribution in [0.3, 0.4) is 0 Å². The second-order valence-corrected chi connectivity index (χ2v) is 8.15.